The number of anilines is 1. The highest BCUT2D eigenvalue weighted by Crippen LogP contribution is 2.21. The van der Waals surface area contributed by atoms with Crippen molar-refractivity contribution in [3.8, 4) is 0 Å². The molecule has 1 aliphatic heterocycles. The lowest BCUT2D eigenvalue weighted by Gasteiger charge is -2.34. The van der Waals surface area contributed by atoms with Crippen LogP contribution < -0.4 is 4.90 Å². The molecule has 1 saturated heterocycles. The molecule has 1 aromatic heterocycles. The van der Waals surface area contributed by atoms with E-state index in [2.05, 4.69) is 15.2 Å². The van der Waals surface area contributed by atoms with Crippen molar-refractivity contribution in [2.45, 2.75) is 6.92 Å². The summed E-state index contributed by atoms with van der Waals surface area (Å²) in [7, 11) is 0. The Kier molecular flexibility index (Phi) is 4.12. The van der Waals surface area contributed by atoms with Gasteiger partial charge in [-0.2, -0.15) is 4.98 Å². The predicted molar refractivity (Wildman–Crippen MR) is 75.5 cm³/mol. The Morgan fingerprint density at radius 2 is 1.75 bits per heavy atom. The molecule has 0 atom stereocenters. The fourth-order valence-electron chi connectivity index (χ4n) is 2.48. The van der Waals surface area contributed by atoms with Gasteiger partial charge in [-0.15, -0.1) is 5.10 Å². The molecule has 24 heavy (non-hydrogen) atoms. The lowest BCUT2D eigenvalue weighted by atomic mass is 10.1. The second kappa shape index (κ2) is 6.10. The minimum absolute atomic E-state index is 0.187. The van der Waals surface area contributed by atoms with Gasteiger partial charge in [0.15, 0.2) is 23.3 Å². The van der Waals surface area contributed by atoms with Crippen LogP contribution in [0.2, 0.25) is 0 Å². The predicted octanol–water partition coefficient (Wildman–Crippen LogP) is 1.63. The Labute approximate surface area is 134 Å². The van der Waals surface area contributed by atoms with E-state index in [0.29, 0.717) is 30.9 Å². The maximum atomic E-state index is 13.7. The molecule has 10 heteroatoms. The minimum Gasteiger partial charge on any atom is -0.336 e. The molecule has 0 unspecified atom stereocenters. The second-order valence-electron chi connectivity index (χ2n) is 5.35. The van der Waals surface area contributed by atoms with E-state index >= 15 is 0 Å². The fraction of sp³-hybridized carbons (Fsp3) is 0.357. The van der Waals surface area contributed by atoms with Crippen LogP contribution in [0.5, 0.6) is 0 Å². The molecule has 1 aliphatic rings. The van der Waals surface area contributed by atoms with Gasteiger partial charge in [-0.05, 0) is 13.0 Å². The largest absolute Gasteiger partial charge is 0.336 e. The first-order chi connectivity index (χ1) is 11.4. The number of nitrogens with zero attached hydrogens (tertiary/aromatic N) is 4. The van der Waals surface area contributed by atoms with Crippen molar-refractivity contribution in [2.75, 3.05) is 31.1 Å². The van der Waals surface area contributed by atoms with Crippen LogP contribution in [0.4, 0.5) is 23.5 Å². The zero-order chi connectivity index (χ0) is 17.4. The first kappa shape index (κ1) is 16.2. The molecule has 2 heterocycles. The average Bonchev–Trinajstić information content (AvgIpc) is 3.02. The maximum Gasteiger partial charge on any atom is 0.257 e. The van der Waals surface area contributed by atoms with Gasteiger partial charge >= 0.3 is 0 Å². The number of hydrogen-bond acceptors (Lipinski definition) is 4. The Bertz CT molecular complexity index is 786. The van der Waals surface area contributed by atoms with Crippen LogP contribution in [0.1, 0.15) is 16.2 Å². The molecule has 2 aromatic rings. The summed E-state index contributed by atoms with van der Waals surface area (Å²) in [5.74, 6) is -7.00. The highest BCUT2D eigenvalue weighted by molar-refractivity contribution is 5.94. The normalized spacial score (nSPS) is 15.0. The number of benzene rings is 1. The lowest BCUT2D eigenvalue weighted by molar-refractivity contribution is 0.0739. The summed E-state index contributed by atoms with van der Waals surface area (Å²) in [6.45, 7) is 2.86. The van der Waals surface area contributed by atoms with Gasteiger partial charge in [-0.25, -0.2) is 17.6 Å². The summed E-state index contributed by atoms with van der Waals surface area (Å²) >= 11 is 0. The van der Waals surface area contributed by atoms with Gasteiger partial charge in [-0.3, -0.25) is 9.89 Å². The summed E-state index contributed by atoms with van der Waals surface area (Å²) < 4.78 is 53.2. The first-order valence-electron chi connectivity index (χ1n) is 7.14. The SMILES string of the molecule is Cc1nc(N2CCN(C(=O)c3cc(F)c(F)c(F)c3F)CC2)n[nH]1. The van der Waals surface area contributed by atoms with Crippen LogP contribution in [-0.4, -0.2) is 52.2 Å². The molecule has 1 amide bonds. The summed E-state index contributed by atoms with van der Waals surface area (Å²) in [6.07, 6.45) is 0. The second-order valence-corrected chi connectivity index (χ2v) is 5.35. The summed E-state index contributed by atoms with van der Waals surface area (Å²) in [5, 5.41) is 6.70. The number of halogens is 4. The van der Waals surface area contributed by atoms with Crippen molar-refractivity contribution < 1.29 is 22.4 Å². The number of nitrogens with one attached hydrogen (secondary N) is 1. The summed E-state index contributed by atoms with van der Waals surface area (Å²) in [4.78, 5) is 19.5. The van der Waals surface area contributed by atoms with E-state index in [4.69, 9.17) is 0 Å². The van der Waals surface area contributed by atoms with Gasteiger partial charge in [0.05, 0.1) is 5.56 Å². The van der Waals surface area contributed by atoms with Gasteiger partial charge in [0.25, 0.3) is 5.91 Å². The third-order valence-electron chi connectivity index (χ3n) is 3.77. The van der Waals surface area contributed by atoms with Gasteiger partial charge in [0.1, 0.15) is 5.82 Å². The zero-order valence-corrected chi connectivity index (χ0v) is 12.6. The van der Waals surface area contributed by atoms with Crippen LogP contribution in [0.3, 0.4) is 0 Å². The minimum atomic E-state index is -1.99. The van der Waals surface area contributed by atoms with E-state index < -0.39 is 34.7 Å². The molecular weight excluding hydrogens is 330 g/mol. The molecule has 1 fully saturated rings. The number of hydrogen-bond donors (Lipinski definition) is 1. The monoisotopic (exact) mass is 343 g/mol. The summed E-state index contributed by atoms with van der Waals surface area (Å²) in [6, 6.07) is 0.376. The fourth-order valence-corrected chi connectivity index (χ4v) is 2.48. The molecule has 3 rings (SSSR count). The van der Waals surface area contributed by atoms with E-state index in [0.717, 1.165) is 0 Å². The number of carbonyl (C=O) groups excluding carboxylic acids is 1. The first-order valence-corrected chi connectivity index (χ1v) is 7.14. The van der Waals surface area contributed by atoms with E-state index in [-0.39, 0.29) is 13.1 Å². The van der Waals surface area contributed by atoms with Crippen LogP contribution in [0.25, 0.3) is 0 Å². The zero-order valence-electron chi connectivity index (χ0n) is 12.6. The van der Waals surface area contributed by atoms with Crippen LogP contribution in [0, 0.1) is 30.2 Å². The van der Waals surface area contributed by atoms with Crippen molar-refractivity contribution >= 4 is 11.9 Å². The third kappa shape index (κ3) is 2.79. The van der Waals surface area contributed by atoms with Crippen molar-refractivity contribution in [3.05, 3.63) is 40.7 Å². The Morgan fingerprint density at radius 1 is 1.08 bits per heavy atom. The maximum absolute atomic E-state index is 13.7. The molecule has 1 aromatic carbocycles. The van der Waals surface area contributed by atoms with Gasteiger partial charge in [-0.1, -0.05) is 0 Å². The molecule has 0 radical (unpaired) electrons. The van der Waals surface area contributed by atoms with Crippen LogP contribution >= 0.6 is 0 Å². The van der Waals surface area contributed by atoms with E-state index in [1.165, 1.54) is 4.90 Å². The molecule has 0 aliphatic carbocycles. The van der Waals surface area contributed by atoms with Crippen molar-refractivity contribution in [1.82, 2.24) is 20.1 Å². The smallest absolute Gasteiger partial charge is 0.257 e. The van der Waals surface area contributed by atoms with E-state index in [9.17, 15) is 22.4 Å². The molecule has 1 N–H and O–H groups in total. The van der Waals surface area contributed by atoms with Gasteiger partial charge < -0.3 is 9.80 Å². The number of aryl methyl sites for hydroxylation is 1. The number of amides is 1. The molecule has 0 spiro atoms. The standard InChI is InChI=1S/C14H13F4N5O/c1-7-19-14(21-20-7)23-4-2-22(3-5-23)13(24)8-6-9(15)11(17)12(18)10(8)16/h6H,2-5H2,1H3,(H,19,20,21). The van der Waals surface area contributed by atoms with Crippen molar-refractivity contribution in [3.63, 3.8) is 0 Å². The van der Waals surface area contributed by atoms with Crippen molar-refractivity contribution in [2.24, 2.45) is 0 Å². The number of carbonyl (C=O) groups is 1. The molecule has 128 valence electrons. The van der Waals surface area contributed by atoms with Crippen LogP contribution in [-0.2, 0) is 0 Å². The van der Waals surface area contributed by atoms with E-state index in [1.54, 1.807) is 6.92 Å². The number of H-pyrrole nitrogens is 1. The van der Waals surface area contributed by atoms with Crippen LogP contribution in [0.15, 0.2) is 6.07 Å². The number of rotatable bonds is 2. The highest BCUT2D eigenvalue weighted by Gasteiger charge is 2.29. The van der Waals surface area contributed by atoms with Crippen molar-refractivity contribution in [1.29, 1.82) is 0 Å². The summed E-state index contributed by atoms with van der Waals surface area (Å²) in [5.41, 5.74) is -0.825. The average molecular weight is 343 g/mol. The Hall–Kier alpha value is -2.65. The molecular formula is C14H13F4N5O. The molecule has 0 saturated carbocycles. The Balaban J connectivity index is 1.74. The van der Waals surface area contributed by atoms with Gasteiger partial charge in [0.2, 0.25) is 5.95 Å². The van der Waals surface area contributed by atoms with Gasteiger partial charge in [0, 0.05) is 26.2 Å². The number of aromatic nitrogens is 3. The van der Waals surface area contributed by atoms with E-state index in [1.807, 2.05) is 4.90 Å². The Morgan fingerprint density at radius 3 is 2.33 bits per heavy atom. The number of piperazine rings is 1. The molecule has 0 bridgehead atoms. The lowest BCUT2D eigenvalue weighted by Crippen LogP contribution is -2.49. The third-order valence-corrected chi connectivity index (χ3v) is 3.77. The topological polar surface area (TPSA) is 65.1 Å². The molecule has 6 nitrogen and oxygen atoms in total. The highest BCUT2D eigenvalue weighted by atomic mass is 19.2. The number of aromatic amines is 1. The quantitative estimate of drug-likeness (QED) is 0.511.